The average Bonchev–Trinajstić information content (AvgIpc) is 2.33. The van der Waals surface area contributed by atoms with Crippen LogP contribution in [0.4, 0.5) is 0 Å². The molecule has 17 heavy (non-hydrogen) atoms. The van der Waals surface area contributed by atoms with Gasteiger partial charge in [0.25, 0.3) is 0 Å². The number of halogens is 1. The third-order valence-corrected chi connectivity index (χ3v) is 4.09. The number of methoxy groups -OCH3 is 1. The molecule has 0 aromatic heterocycles. The van der Waals surface area contributed by atoms with E-state index in [9.17, 15) is 5.21 Å². The maximum absolute atomic E-state index is 9.67. The fourth-order valence-electron chi connectivity index (χ4n) is 2.42. The highest BCUT2D eigenvalue weighted by Gasteiger charge is 2.23. The Kier molecular flexibility index (Phi) is 2.49. The first-order valence-corrected chi connectivity index (χ1v) is 6.31. The monoisotopic (exact) mass is 293 g/mol. The quantitative estimate of drug-likeness (QED) is 0.792. The first kappa shape index (κ1) is 10.9. The number of hydroxylamine groups is 2. The van der Waals surface area contributed by atoms with Crippen molar-refractivity contribution in [2.45, 2.75) is 4.83 Å². The van der Waals surface area contributed by atoms with Crippen LogP contribution >= 0.6 is 15.9 Å². The van der Waals surface area contributed by atoms with Crippen LogP contribution < -0.4 is 10.4 Å². The molecule has 88 valence electrons. The van der Waals surface area contributed by atoms with E-state index in [0.29, 0.717) is 6.54 Å². The van der Waals surface area contributed by atoms with Crippen molar-refractivity contribution in [2.24, 2.45) is 0 Å². The number of ether oxygens (including phenoxy) is 1. The van der Waals surface area contributed by atoms with Crippen molar-refractivity contribution in [3.8, 4) is 0 Å². The Morgan fingerprint density at radius 2 is 2.29 bits per heavy atom. The van der Waals surface area contributed by atoms with E-state index in [1.807, 2.05) is 18.2 Å². The van der Waals surface area contributed by atoms with Crippen LogP contribution in [0, 0.1) is 0 Å². The van der Waals surface area contributed by atoms with Crippen LogP contribution in [0.2, 0.25) is 0 Å². The van der Waals surface area contributed by atoms with Crippen LogP contribution in [-0.2, 0) is 4.74 Å². The lowest BCUT2D eigenvalue weighted by Gasteiger charge is -2.25. The molecule has 0 radical (unpaired) electrons. The van der Waals surface area contributed by atoms with Gasteiger partial charge in [0.1, 0.15) is 5.76 Å². The summed E-state index contributed by atoms with van der Waals surface area (Å²) in [5.74, 6) is 0.875. The molecule has 3 rings (SSSR count). The van der Waals surface area contributed by atoms with Crippen molar-refractivity contribution in [3.05, 3.63) is 46.0 Å². The largest absolute Gasteiger partial charge is 0.500 e. The molecule has 0 fully saturated rings. The van der Waals surface area contributed by atoms with Crippen molar-refractivity contribution >= 4 is 27.7 Å². The third-order valence-electron chi connectivity index (χ3n) is 3.15. The van der Waals surface area contributed by atoms with Crippen molar-refractivity contribution < 1.29 is 9.94 Å². The van der Waals surface area contributed by atoms with Crippen molar-refractivity contribution in [3.63, 3.8) is 0 Å². The molecule has 1 heterocycles. The van der Waals surface area contributed by atoms with E-state index in [1.165, 1.54) is 15.8 Å². The fourth-order valence-corrected chi connectivity index (χ4v) is 3.12. The molecular weight excluding hydrogens is 282 g/mol. The first-order valence-electron chi connectivity index (χ1n) is 5.40. The zero-order valence-electron chi connectivity index (χ0n) is 9.35. The average molecular weight is 294 g/mol. The third kappa shape index (κ3) is 1.59. The molecule has 1 aliphatic carbocycles. The molecule has 1 unspecified atom stereocenters. The van der Waals surface area contributed by atoms with E-state index >= 15 is 0 Å². The Hall–Kier alpha value is -1.26. The first-order chi connectivity index (χ1) is 8.20. The van der Waals surface area contributed by atoms with Crippen LogP contribution in [-0.4, -0.2) is 23.9 Å². The van der Waals surface area contributed by atoms with E-state index in [2.05, 4.69) is 22.0 Å². The molecule has 3 nitrogen and oxygen atoms in total. The maximum atomic E-state index is 9.67. The fraction of sp³-hybridized carbons (Fsp3) is 0.231. The Morgan fingerprint density at radius 1 is 1.47 bits per heavy atom. The normalized spacial score (nSPS) is 21.6. The summed E-state index contributed by atoms with van der Waals surface area (Å²) in [6.45, 7) is 0.497. The Labute approximate surface area is 107 Å². The molecular formula is C13H12BrNO2. The molecule has 1 N–H and O–H groups in total. The smallest absolute Gasteiger partial charge is 0.114 e. The molecule has 0 amide bonds. The van der Waals surface area contributed by atoms with Crippen LogP contribution in [0.25, 0.3) is 11.8 Å². The Bertz CT molecular complexity index is 621. The lowest BCUT2D eigenvalue weighted by Crippen LogP contribution is -2.41. The number of alkyl halides is 1. The number of hydrogen-bond donors (Lipinski definition) is 1. The van der Waals surface area contributed by atoms with Crippen LogP contribution in [0.3, 0.4) is 0 Å². The summed E-state index contributed by atoms with van der Waals surface area (Å²) in [5.41, 5.74) is 2.29. The van der Waals surface area contributed by atoms with Gasteiger partial charge in [-0.15, -0.1) is 0 Å². The second-order valence-corrected chi connectivity index (χ2v) is 5.09. The van der Waals surface area contributed by atoms with Gasteiger partial charge in [0.2, 0.25) is 0 Å². The SMILES string of the molecule is COC1=CC2=c3c(cccc3=CN(O)C2)C1Br. The van der Waals surface area contributed by atoms with Gasteiger partial charge in [0.15, 0.2) is 0 Å². The molecule has 0 saturated carbocycles. The van der Waals surface area contributed by atoms with Gasteiger partial charge in [0, 0.05) is 11.4 Å². The molecule has 4 heteroatoms. The lowest BCUT2D eigenvalue weighted by atomic mass is 9.94. The highest BCUT2D eigenvalue weighted by Crippen LogP contribution is 2.32. The number of allylic oxidation sites excluding steroid dienone is 1. The van der Waals surface area contributed by atoms with Gasteiger partial charge in [-0.25, -0.2) is 0 Å². The van der Waals surface area contributed by atoms with E-state index < -0.39 is 0 Å². The minimum atomic E-state index is 0.0878. The zero-order valence-corrected chi connectivity index (χ0v) is 10.9. The Morgan fingerprint density at radius 3 is 3.06 bits per heavy atom. The molecule has 1 atom stereocenters. The highest BCUT2D eigenvalue weighted by molar-refractivity contribution is 9.09. The summed E-state index contributed by atoms with van der Waals surface area (Å²) in [4.78, 5) is 0.0878. The topological polar surface area (TPSA) is 32.7 Å². The van der Waals surface area contributed by atoms with E-state index in [0.717, 1.165) is 16.6 Å². The van der Waals surface area contributed by atoms with Crippen LogP contribution in [0.15, 0.2) is 30.0 Å². The van der Waals surface area contributed by atoms with E-state index in [1.54, 1.807) is 13.3 Å². The second-order valence-electron chi connectivity index (χ2n) is 4.18. The Balaban J connectivity index is 2.39. The minimum absolute atomic E-state index is 0.0878. The second kappa shape index (κ2) is 3.89. The van der Waals surface area contributed by atoms with E-state index in [4.69, 9.17) is 4.74 Å². The number of nitrogens with zero attached hydrogens (tertiary/aromatic N) is 1. The number of rotatable bonds is 1. The van der Waals surface area contributed by atoms with Crippen molar-refractivity contribution in [1.82, 2.24) is 5.06 Å². The molecule has 0 saturated heterocycles. The van der Waals surface area contributed by atoms with Gasteiger partial charge in [-0.3, -0.25) is 10.3 Å². The summed E-state index contributed by atoms with van der Waals surface area (Å²) in [6.07, 6.45) is 3.76. The van der Waals surface area contributed by atoms with Gasteiger partial charge in [-0.1, -0.05) is 34.1 Å². The van der Waals surface area contributed by atoms with E-state index in [-0.39, 0.29) is 4.83 Å². The molecule has 0 spiro atoms. The molecule has 0 bridgehead atoms. The van der Waals surface area contributed by atoms with Gasteiger partial charge < -0.3 is 4.74 Å². The number of benzene rings is 1. The predicted molar refractivity (Wildman–Crippen MR) is 68.8 cm³/mol. The summed E-state index contributed by atoms with van der Waals surface area (Å²) in [7, 11) is 1.67. The molecule has 1 aromatic rings. The zero-order chi connectivity index (χ0) is 12.0. The van der Waals surface area contributed by atoms with Crippen molar-refractivity contribution in [1.29, 1.82) is 0 Å². The standard InChI is InChI=1S/C13H12BrNO2/c1-17-11-5-9-7-15(16)6-8-3-2-4-10(12(8)9)13(11)14/h2-6,13,16H,7H2,1H3. The number of hydrogen-bond acceptors (Lipinski definition) is 3. The summed E-state index contributed by atoms with van der Waals surface area (Å²) >= 11 is 3.65. The highest BCUT2D eigenvalue weighted by atomic mass is 79.9. The van der Waals surface area contributed by atoms with Crippen molar-refractivity contribution in [2.75, 3.05) is 13.7 Å². The minimum Gasteiger partial charge on any atom is -0.500 e. The molecule has 2 aliphatic rings. The summed E-state index contributed by atoms with van der Waals surface area (Å²) in [6, 6.07) is 6.09. The van der Waals surface area contributed by atoms with Crippen LogP contribution in [0.5, 0.6) is 0 Å². The lowest BCUT2D eigenvalue weighted by molar-refractivity contribution is -0.00754. The predicted octanol–water partition coefficient (Wildman–Crippen LogP) is 1.26. The van der Waals surface area contributed by atoms with Gasteiger partial charge in [-0.2, -0.15) is 0 Å². The maximum Gasteiger partial charge on any atom is 0.114 e. The molecule has 1 aliphatic heterocycles. The van der Waals surface area contributed by atoms with Gasteiger partial charge in [0.05, 0.1) is 18.5 Å². The van der Waals surface area contributed by atoms with Gasteiger partial charge >= 0.3 is 0 Å². The molecule has 1 aromatic carbocycles. The van der Waals surface area contributed by atoms with Crippen LogP contribution in [0.1, 0.15) is 10.4 Å². The summed E-state index contributed by atoms with van der Waals surface area (Å²) < 4.78 is 5.37. The summed E-state index contributed by atoms with van der Waals surface area (Å²) in [5, 5.41) is 13.1. The van der Waals surface area contributed by atoms with Gasteiger partial charge in [-0.05, 0) is 22.4 Å².